The zero-order valence-corrected chi connectivity index (χ0v) is 18.1. The predicted octanol–water partition coefficient (Wildman–Crippen LogP) is 4.93. The fourth-order valence-electron chi connectivity index (χ4n) is 3.54. The lowest BCUT2D eigenvalue weighted by Gasteiger charge is -2.21. The number of carbonyl (C=O) groups is 1. The summed E-state index contributed by atoms with van der Waals surface area (Å²) in [6.45, 7) is 6.79. The van der Waals surface area contributed by atoms with Crippen LogP contribution >= 0.6 is 0 Å². The minimum atomic E-state index is -0.0355. The maximum absolute atomic E-state index is 12.4. The Labute approximate surface area is 182 Å². The molecule has 2 aromatic heterocycles. The second-order valence-corrected chi connectivity index (χ2v) is 7.35. The fraction of sp³-hybridized carbons (Fsp3) is 0.240. The smallest absolute Gasteiger partial charge is 0.224 e. The van der Waals surface area contributed by atoms with Gasteiger partial charge in [-0.25, -0.2) is 9.97 Å². The topological polar surface area (TPSA) is 60.2 Å². The molecule has 1 amide bonds. The van der Waals surface area contributed by atoms with Gasteiger partial charge in [-0.2, -0.15) is 0 Å². The summed E-state index contributed by atoms with van der Waals surface area (Å²) in [4.78, 5) is 23.2. The molecule has 0 spiro atoms. The first-order valence-electron chi connectivity index (χ1n) is 10.5. The van der Waals surface area contributed by atoms with Crippen LogP contribution in [0, 0.1) is 0 Å². The van der Waals surface area contributed by atoms with Crippen molar-refractivity contribution in [1.82, 2.24) is 14.5 Å². The monoisotopic (exact) mass is 414 g/mol. The number of aryl methyl sites for hydroxylation is 1. The molecule has 6 nitrogen and oxygen atoms in total. The van der Waals surface area contributed by atoms with E-state index in [9.17, 15) is 4.79 Å². The van der Waals surface area contributed by atoms with Gasteiger partial charge in [0.05, 0.1) is 25.0 Å². The van der Waals surface area contributed by atoms with Crippen molar-refractivity contribution in [3.05, 3.63) is 78.2 Å². The summed E-state index contributed by atoms with van der Waals surface area (Å²) < 4.78 is 7.44. The first-order valence-corrected chi connectivity index (χ1v) is 10.5. The molecule has 0 atom stereocenters. The fourth-order valence-corrected chi connectivity index (χ4v) is 3.54. The number of amides is 1. The van der Waals surface area contributed by atoms with Gasteiger partial charge in [0.25, 0.3) is 0 Å². The summed E-state index contributed by atoms with van der Waals surface area (Å²) in [7, 11) is 0. The Kier molecular flexibility index (Phi) is 5.98. The summed E-state index contributed by atoms with van der Waals surface area (Å²) in [5, 5.41) is 0. The number of anilines is 1. The van der Waals surface area contributed by atoms with Gasteiger partial charge in [0.1, 0.15) is 17.6 Å². The van der Waals surface area contributed by atoms with E-state index in [-0.39, 0.29) is 5.91 Å². The highest BCUT2D eigenvalue weighted by Crippen LogP contribution is 2.24. The van der Waals surface area contributed by atoms with E-state index in [1.165, 1.54) is 5.56 Å². The molecular weight excluding hydrogens is 388 g/mol. The SMILES string of the molecule is CCOc1ccc(-n2cnc3cc(N(Cc4ccc(CC)cc4)C(C)=O)cnc32)cc1. The van der Waals surface area contributed by atoms with Gasteiger partial charge in [0.15, 0.2) is 5.65 Å². The number of fused-ring (bicyclic) bond motifs is 1. The van der Waals surface area contributed by atoms with Crippen LogP contribution in [-0.4, -0.2) is 27.0 Å². The Balaban J connectivity index is 1.62. The summed E-state index contributed by atoms with van der Waals surface area (Å²) in [5.74, 6) is 0.793. The van der Waals surface area contributed by atoms with E-state index in [1.54, 1.807) is 24.3 Å². The van der Waals surface area contributed by atoms with Crippen molar-refractivity contribution in [2.45, 2.75) is 33.7 Å². The van der Waals surface area contributed by atoms with Crippen molar-refractivity contribution >= 4 is 22.8 Å². The molecule has 0 aliphatic carbocycles. The summed E-state index contributed by atoms with van der Waals surface area (Å²) in [6, 6.07) is 18.1. The number of pyridine rings is 1. The summed E-state index contributed by atoms with van der Waals surface area (Å²) >= 11 is 0. The van der Waals surface area contributed by atoms with Crippen molar-refractivity contribution in [3.8, 4) is 11.4 Å². The highest BCUT2D eigenvalue weighted by molar-refractivity contribution is 5.93. The van der Waals surface area contributed by atoms with Gasteiger partial charge in [-0.05, 0) is 54.8 Å². The molecule has 0 radical (unpaired) electrons. The van der Waals surface area contributed by atoms with Crippen LogP contribution in [0.2, 0.25) is 0 Å². The average molecular weight is 415 g/mol. The Bertz CT molecular complexity index is 1180. The molecular formula is C25H26N4O2. The molecule has 0 bridgehead atoms. The Morgan fingerprint density at radius 2 is 1.71 bits per heavy atom. The van der Waals surface area contributed by atoms with E-state index in [0.29, 0.717) is 13.2 Å². The molecule has 0 unspecified atom stereocenters. The van der Waals surface area contributed by atoms with Gasteiger partial charge in [0.2, 0.25) is 5.91 Å². The van der Waals surface area contributed by atoms with Crippen LogP contribution in [0.3, 0.4) is 0 Å². The van der Waals surface area contributed by atoms with Crippen LogP contribution in [0.25, 0.3) is 16.9 Å². The van der Waals surface area contributed by atoms with E-state index in [1.807, 2.05) is 41.8 Å². The molecule has 0 aliphatic rings. The molecule has 158 valence electrons. The van der Waals surface area contributed by atoms with Crippen molar-refractivity contribution < 1.29 is 9.53 Å². The van der Waals surface area contributed by atoms with Crippen molar-refractivity contribution in [2.75, 3.05) is 11.5 Å². The van der Waals surface area contributed by atoms with Crippen molar-refractivity contribution in [1.29, 1.82) is 0 Å². The second kappa shape index (κ2) is 9.00. The number of ether oxygens (including phenoxy) is 1. The number of imidazole rings is 1. The molecule has 6 heteroatoms. The number of benzene rings is 2. The lowest BCUT2D eigenvalue weighted by atomic mass is 10.1. The Hall–Kier alpha value is -3.67. The van der Waals surface area contributed by atoms with Crippen molar-refractivity contribution in [3.63, 3.8) is 0 Å². The highest BCUT2D eigenvalue weighted by atomic mass is 16.5. The third kappa shape index (κ3) is 4.43. The number of carbonyl (C=O) groups excluding carboxylic acids is 1. The van der Waals surface area contributed by atoms with Crippen molar-refractivity contribution in [2.24, 2.45) is 0 Å². The largest absolute Gasteiger partial charge is 0.494 e. The van der Waals surface area contributed by atoms with E-state index < -0.39 is 0 Å². The third-order valence-electron chi connectivity index (χ3n) is 5.26. The Morgan fingerprint density at radius 1 is 1.00 bits per heavy atom. The maximum Gasteiger partial charge on any atom is 0.224 e. The number of aromatic nitrogens is 3. The Morgan fingerprint density at radius 3 is 2.35 bits per heavy atom. The maximum atomic E-state index is 12.4. The molecule has 2 aromatic carbocycles. The van der Waals surface area contributed by atoms with E-state index >= 15 is 0 Å². The van der Waals surface area contributed by atoms with Gasteiger partial charge < -0.3 is 9.64 Å². The minimum absolute atomic E-state index is 0.0355. The van der Waals surface area contributed by atoms with Crippen LogP contribution in [0.1, 0.15) is 31.9 Å². The van der Waals surface area contributed by atoms with Crippen LogP contribution in [0.4, 0.5) is 5.69 Å². The standard InChI is InChI=1S/C25H26N4O2/c1-4-19-6-8-20(9-7-19)16-28(18(3)30)22-14-24-25(26-15-22)29(17-27-24)21-10-12-23(13-11-21)31-5-2/h6-15,17H,4-5,16H2,1-3H3. The van der Waals surface area contributed by atoms with Gasteiger partial charge >= 0.3 is 0 Å². The number of hydrogen-bond acceptors (Lipinski definition) is 4. The zero-order chi connectivity index (χ0) is 21.8. The quantitative estimate of drug-likeness (QED) is 0.430. The number of rotatable bonds is 7. The first-order chi connectivity index (χ1) is 15.1. The second-order valence-electron chi connectivity index (χ2n) is 7.35. The molecule has 0 N–H and O–H groups in total. The van der Waals surface area contributed by atoms with Gasteiger partial charge in [-0.1, -0.05) is 31.2 Å². The van der Waals surface area contributed by atoms with Gasteiger partial charge in [-0.15, -0.1) is 0 Å². The normalized spacial score (nSPS) is 10.9. The number of nitrogens with zero attached hydrogens (tertiary/aromatic N) is 4. The lowest BCUT2D eigenvalue weighted by Crippen LogP contribution is -2.27. The van der Waals surface area contributed by atoms with E-state index in [0.717, 1.165) is 40.3 Å². The third-order valence-corrected chi connectivity index (χ3v) is 5.26. The molecule has 4 aromatic rings. The molecule has 31 heavy (non-hydrogen) atoms. The predicted molar refractivity (Wildman–Crippen MR) is 123 cm³/mol. The van der Waals surface area contributed by atoms with Crippen LogP contribution < -0.4 is 9.64 Å². The van der Waals surface area contributed by atoms with Crippen LogP contribution in [-0.2, 0) is 17.8 Å². The van der Waals surface area contributed by atoms with Gasteiger partial charge in [0, 0.05) is 12.6 Å². The summed E-state index contributed by atoms with van der Waals surface area (Å²) in [5.41, 5.74) is 5.51. The van der Waals surface area contributed by atoms with Crippen LogP contribution in [0.5, 0.6) is 5.75 Å². The van der Waals surface area contributed by atoms with Crippen LogP contribution in [0.15, 0.2) is 67.1 Å². The highest BCUT2D eigenvalue weighted by Gasteiger charge is 2.15. The number of hydrogen-bond donors (Lipinski definition) is 0. The average Bonchev–Trinajstić information content (AvgIpc) is 3.21. The summed E-state index contributed by atoms with van der Waals surface area (Å²) in [6.07, 6.45) is 4.48. The van der Waals surface area contributed by atoms with Gasteiger partial charge in [-0.3, -0.25) is 9.36 Å². The molecule has 0 fully saturated rings. The molecule has 0 saturated carbocycles. The van der Waals surface area contributed by atoms with E-state index in [2.05, 4.69) is 41.2 Å². The lowest BCUT2D eigenvalue weighted by molar-refractivity contribution is -0.116. The first kappa shape index (κ1) is 20.6. The molecule has 2 heterocycles. The minimum Gasteiger partial charge on any atom is -0.494 e. The zero-order valence-electron chi connectivity index (χ0n) is 18.1. The molecule has 0 aliphatic heterocycles. The molecule has 4 rings (SSSR count). The molecule has 0 saturated heterocycles. The van der Waals surface area contributed by atoms with E-state index in [4.69, 9.17) is 4.74 Å².